The molecule has 24 heavy (non-hydrogen) atoms. The molecule has 0 aliphatic rings. The molecule has 7 nitrogen and oxygen atoms in total. The van der Waals surface area contributed by atoms with Gasteiger partial charge in [0.15, 0.2) is 0 Å². The van der Waals surface area contributed by atoms with Gasteiger partial charge in [0.05, 0.1) is 23.8 Å². The topological polar surface area (TPSA) is 87.7 Å². The van der Waals surface area contributed by atoms with E-state index in [4.69, 9.17) is 5.26 Å². The van der Waals surface area contributed by atoms with Crippen LogP contribution in [-0.4, -0.2) is 38.4 Å². The van der Waals surface area contributed by atoms with E-state index in [1.54, 1.807) is 9.58 Å². The minimum Gasteiger partial charge on any atom is -0.311 e. The summed E-state index contributed by atoms with van der Waals surface area (Å²) in [6.07, 6.45) is 0.283. The number of hydrogen-bond acceptors (Lipinski definition) is 6. The number of para-hydroxylation sites is 1. The molecule has 1 heterocycles. The van der Waals surface area contributed by atoms with Crippen LogP contribution in [0.25, 0.3) is 0 Å². The molecule has 8 heteroatoms. The Hall–Kier alpha value is -2.40. The van der Waals surface area contributed by atoms with Crippen LogP contribution in [0.15, 0.2) is 35.5 Å². The minimum atomic E-state index is -0.255. The summed E-state index contributed by atoms with van der Waals surface area (Å²) in [5, 5.41) is 21.1. The fraction of sp³-hybridized carbons (Fsp3) is 0.438. The number of thioether (sulfide) groups is 1. The number of benzene rings is 1. The maximum Gasteiger partial charge on any atom is 0.237 e. The van der Waals surface area contributed by atoms with E-state index in [-0.39, 0.29) is 23.6 Å². The Kier molecular flexibility index (Phi) is 5.93. The molecule has 1 amide bonds. The highest BCUT2D eigenvalue weighted by atomic mass is 32.2. The van der Waals surface area contributed by atoms with Crippen LogP contribution in [0.2, 0.25) is 0 Å². The van der Waals surface area contributed by atoms with Gasteiger partial charge in [-0.2, -0.15) is 5.26 Å². The SMILES string of the molecule is CC(C)(C)n1nnnc1SCC(=O)N(CCC#N)c1ccccc1. The summed E-state index contributed by atoms with van der Waals surface area (Å²) in [6.45, 7) is 6.36. The van der Waals surface area contributed by atoms with E-state index < -0.39 is 0 Å². The normalized spacial score (nSPS) is 11.1. The molecular formula is C16H20N6OS. The van der Waals surface area contributed by atoms with Gasteiger partial charge < -0.3 is 4.90 Å². The first-order valence-electron chi connectivity index (χ1n) is 7.57. The summed E-state index contributed by atoms with van der Waals surface area (Å²) in [6, 6.07) is 11.4. The molecule has 2 rings (SSSR count). The van der Waals surface area contributed by atoms with E-state index in [2.05, 4.69) is 21.6 Å². The van der Waals surface area contributed by atoms with E-state index in [0.29, 0.717) is 11.7 Å². The number of anilines is 1. The molecule has 1 aromatic carbocycles. The number of carbonyl (C=O) groups excluding carboxylic acids is 1. The molecule has 0 atom stereocenters. The number of hydrogen-bond donors (Lipinski definition) is 0. The number of tetrazole rings is 1. The quantitative estimate of drug-likeness (QED) is 0.748. The Labute approximate surface area is 145 Å². The standard InChI is InChI=1S/C16H20N6OS/c1-16(2,3)22-15(18-19-20-22)24-12-14(23)21(11-7-10-17)13-8-5-4-6-9-13/h4-6,8-9H,7,11-12H2,1-3H3. The van der Waals surface area contributed by atoms with Gasteiger partial charge in [-0.05, 0) is 43.3 Å². The van der Waals surface area contributed by atoms with Crippen LogP contribution in [0.1, 0.15) is 27.2 Å². The number of amides is 1. The van der Waals surface area contributed by atoms with Crippen LogP contribution in [0, 0.1) is 11.3 Å². The van der Waals surface area contributed by atoms with Gasteiger partial charge in [0, 0.05) is 12.2 Å². The van der Waals surface area contributed by atoms with Gasteiger partial charge in [0.25, 0.3) is 0 Å². The maximum atomic E-state index is 12.6. The molecular weight excluding hydrogens is 324 g/mol. The molecule has 0 spiro atoms. The fourth-order valence-corrected chi connectivity index (χ4v) is 3.00. The van der Waals surface area contributed by atoms with Crippen molar-refractivity contribution in [1.82, 2.24) is 20.2 Å². The average molecular weight is 344 g/mol. The third kappa shape index (κ3) is 4.55. The predicted molar refractivity (Wildman–Crippen MR) is 92.6 cm³/mol. The highest BCUT2D eigenvalue weighted by molar-refractivity contribution is 7.99. The smallest absolute Gasteiger partial charge is 0.237 e. The molecule has 0 bridgehead atoms. The number of nitrogens with zero attached hydrogens (tertiary/aromatic N) is 6. The molecule has 0 fully saturated rings. The fourth-order valence-electron chi connectivity index (χ4n) is 2.06. The van der Waals surface area contributed by atoms with Crippen molar-refractivity contribution in [3.05, 3.63) is 30.3 Å². The predicted octanol–water partition coefficient (Wildman–Crippen LogP) is 2.47. The highest BCUT2D eigenvalue weighted by Gasteiger charge is 2.22. The van der Waals surface area contributed by atoms with Gasteiger partial charge in [0.1, 0.15) is 0 Å². The summed E-state index contributed by atoms with van der Waals surface area (Å²) in [5.74, 6) is 0.126. The Morgan fingerprint density at radius 2 is 2.04 bits per heavy atom. The molecule has 1 aromatic heterocycles. The summed E-state index contributed by atoms with van der Waals surface area (Å²) in [4.78, 5) is 14.2. The number of nitriles is 1. The maximum absolute atomic E-state index is 12.6. The third-order valence-corrected chi connectivity index (χ3v) is 4.12. The van der Waals surface area contributed by atoms with Crippen LogP contribution in [0.4, 0.5) is 5.69 Å². The molecule has 2 aromatic rings. The Bertz CT molecular complexity index is 716. The summed E-state index contributed by atoms with van der Waals surface area (Å²) in [7, 11) is 0. The number of carbonyl (C=O) groups is 1. The van der Waals surface area contributed by atoms with Gasteiger partial charge in [0.2, 0.25) is 11.1 Å². The van der Waals surface area contributed by atoms with Crippen LogP contribution in [0.3, 0.4) is 0 Å². The second-order valence-electron chi connectivity index (χ2n) is 6.12. The first-order valence-corrected chi connectivity index (χ1v) is 8.56. The Morgan fingerprint density at radius 3 is 2.67 bits per heavy atom. The first kappa shape index (κ1) is 17.9. The molecule has 0 saturated carbocycles. The van der Waals surface area contributed by atoms with Crippen molar-refractivity contribution >= 4 is 23.4 Å². The van der Waals surface area contributed by atoms with E-state index in [0.717, 1.165) is 5.69 Å². The molecule has 0 aliphatic heterocycles. The van der Waals surface area contributed by atoms with Gasteiger partial charge in [-0.1, -0.05) is 30.0 Å². The van der Waals surface area contributed by atoms with Crippen molar-refractivity contribution in [2.75, 3.05) is 17.2 Å². The van der Waals surface area contributed by atoms with Crippen molar-refractivity contribution in [2.45, 2.75) is 37.9 Å². The zero-order valence-electron chi connectivity index (χ0n) is 14.0. The zero-order chi connectivity index (χ0) is 17.6. The van der Waals surface area contributed by atoms with Gasteiger partial charge in [-0.15, -0.1) is 5.10 Å². The molecule has 0 unspecified atom stereocenters. The van der Waals surface area contributed by atoms with Crippen LogP contribution in [-0.2, 0) is 10.3 Å². The second-order valence-corrected chi connectivity index (χ2v) is 7.06. The lowest BCUT2D eigenvalue weighted by Crippen LogP contribution is -2.33. The van der Waals surface area contributed by atoms with Crippen LogP contribution in [0.5, 0.6) is 0 Å². The van der Waals surface area contributed by atoms with Crippen molar-refractivity contribution in [3.63, 3.8) is 0 Å². The lowest BCUT2D eigenvalue weighted by Gasteiger charge is -2.22. The number of rotatable bonds is 6. The minimum absolute atomic E-state index is 0.0788. The summed E-state index contributed by atoms with van der Waals surface area (Å²) >= 11 is 1.30. The molecule has 126 valence electrons. The van der Waals surface area contributed by atoms with Crippen molar-refractivity contribution < 1.29 is 4.79 Å². The van der Waals surface area contributed by atoms with E-state index in [1.165, 1.54) is 11.8 Å². The molecule has 0 saturated heterocycles. The van der Waals surface area contributed by atoms with Crippen molar-refractivity contribution in [2.24, 2.45) is 0 Å². The van der Waals surface area contributed by atoms with Crippen LogP contribution >= 0.6 is 11.8 Å². The average Bonchev–Trinajstić information content (AvgIpc) is 3.03. The highest BCUT2D eigenvalue weighted by Crippen LogP contribution is 2.23. The summed E-state index contributed by atoms with van der Waals surface area (Å²) < 4.78 is 1.70. The lowest BCUT2D eigenvalue weighted by atomic mass is 10.1. The Balaban J connectivity index is 2.09. The lowest BCUT2D eigenvalue weighted by molar-refractivity contribution is -0.116. The monoisotopic (exact) mass is 344 g/mol. The molecule has 0 radical (unpaired) electrons. The number of aromatic nitrogens is 4. The van der Waals surface area contributed by atoms with E-state index in [9.17, 15) is 4.79 Å². The second kappa shape index (κ2) is 7.93. The van der Waals surface area contributed by atoms with Crippen molar-refractivity contribution in [3.8, 4) is 6.07 Å². The van der Waals surface area contributed by atoms with Gasteiger partial charge in [-0.25, -0.2) is 4.68 Å². The van der Waals surface area contributed by atoms with E-state index >= 15 is 0 Å². The van der Waals surface area contributed by atoms with Crippen molar-refractivity contribution in [1.29, 1.82) is 5.26 Å². The summed E-state index contributed by atoms with van der Waals surface area (Å²) in [5.41, 5.74) is 0.531. The van der Waals surface area contributed by atoms with Gasteiger partial charge in [-0.3, -0.25) is 4.79 Å². The van der Waals surface area contributed by atoms with Gasteiger partial charge >= 0.3 is 0 Å². The zero-order valence-corrected chi connectivity index (χ0v) is 14.8. The van der Waals surface area contributed by atoms with Crippen LogP contribution < -0.4 is 4.90 Å². The molecule has 0 N–H and O–H groups in total. The third-order valence-electron chi connectivity index (χ3n) is 3.22. The Morgan fingerprint density at radius 1 is 1.33 bits per heavy atom. The first-order chi connectivity index (χ1) is 11.4. The van der Waals surface area contributed by atoms with E-state index in [1.807, 2.05) is 51.1 Å². The largest absolute Gasteiger partial charge is 0.311 e. The molecule has 0 aliphatic carbocycles.